The zero-order chi connectivity index (χ0) is 32.4. The quantitative estimate of drug-likeness (QED) is 0.177. The average Bonchev–Trinajstić information content (AvgIpc) is 3.68. The molecule has 46 heavy (non-hydrogen) atoms. The fraction of sp³-hybridized carbons (Fsp3) is 0.394. The highest BCUT2D eigenvalue weighted by atomic mass is 35.5. The summed E-state index contributed by atoms with van der Waals surface area (Å²) < 4.78 is 68.0. The molecule has 2 aromatic carbocycles. The summed E-state index contributed by atoms with van der Waals surface area (Å²) >= 11 is 6.54. The second-order valence-electron chi connectivity index (χ2n) is 12.3. The molecule has 1 amide bonds. The average molecular weight is 655 g/mol. The Kier molecular flexibility index (Phi) is 7.55. The van der Waals surface area contributed by atoms with Crippen LogP contribution in [0.1, 0.15) is 19.3 Å². The van der Waals surface area contributed by atoms with Gasteiger partial charge in [-0.3, -0.25) is 14.7 Å². The second kappa shape index (κ2) is 11.3. The maximum atomic E-state index is 16.6. The summed E-state index contributed by atoms with van der Waals surface area (Å²) in [6.45, 7) is 3.40. The molecule has 3 saturated heterocycles. The number of carbonyl (C=O) groups excluding carboxylic acids is 1. The smallest absolute Gasteiger partial charge is 0.319 e. The first-order valence-corrected chi connectivity index (χ1v) is 15.5. The second-order valence-corrected chi connectivity index (χ2v) is 12.7. The van der Waals surface area contributed by atoms with E-state index >= 15 is 13.2 Å². The molecule has 0 spiro atoms. The molecule has 0 radical (unpaired) electrons. The zero-order valence-electron chi connectivity index (χ0n) is 25.0. The van der Waals surface area contributed by atoms with Gasteiger partial charge in [0.05, 0.1) is 17.5 Å². The van der Waals surface area contributed by atoms with Crippen molar-refractivity contribution >= 4 is 45.0 Å². The molecule has 3 aliphatic rings. The van der Waals surface area contributed by atoms with Crippen LogP contribution in [0.15, 0.2) is 55.3 Å². The fourth-order valence-electron chi connectivity index (χ4n) is 7.30. The Morgan fingerprint density at radius 3 is 2.78 bits per heavy atom. The third-order valence-electron chi connectivity index (χ3n) is 9.55. The number of fused-ring (bicyclic) bond motifs is 3. The van der Waals surface area contributed by atoms with Crippen molar-refractivity contribution in [1.82, 2.24) is 24.8 Å². The molecule has 3 aliphatic heterocycles. The third-order valence-corrected chi connectivity index (χ3v) is 9.87. The highest BCUT2D eigenvalue weighted by Crippen LogP contribution is 2.42. The maximum Gasteiger partial charge on any atom is 0.319 e. The first-order valence-electron chi connectivity index (χ1n) is 15.1. The number of hydrogen-bond acceptors (Lipinski definition) is 7. The predicted molar refractivity (Wildman–Crippen MR) is 168 cm³/mol. The highest BCUT2D eigenvalue weighted by molar-refractivity contribution is 6.36. The maximum absolute atomic E-state index is 16.6. The Balaban J connectivity index is 1.35. The van der Waals surface area contributed by atoms with Gasteiger partial charge in [-0.1, -0.05) is 48.5 Å². The van der Waals surface area contributed by atoms with Crippen molar-refractivity contribution in [2.45, 2.75) is 42.9 Å². The van der Waals surface area contributed by atoms with Gasteiger partial charge in [0.25, 0.3) is 5.92 Å². The lowest BCUT2D eigenvalue weighted by Gasteiger charge is -2.32. The fourth-order valence-corrected chi connectivity index (χ4v) is 7.58. The molecule has 2 aromatic heterocycles. The van der Waals surface area contributed by atoms with Crippen LogP contribution in [0.5, 0.6) is 6.01 Å². The minimum absolute atomic E-state index is 0.0324. The molecule has 7 rings (SSSR count). The lowest BCUT2D eigenvalue weighted by atomic mass is 9.95. The third kappa shape index (κ3) is 5.02. The number of pyridine rings is 1. The number of halogens is 5. The van der Waals surface area contributed by atoms with E-state index in [1.54, 1.807) is 24.3 Å². The van der Waals surface area contributed by atoms with Crippen molar-refractivity contribution in [1.29, 1.82) is 0 Å². The molecule has 1 unspecified atom stereocenters. The van der Waals surface area contributed by atoms with E-state index in [1.807, 2.05) is 12.1 Å². The van der Waals surface area contributed by atoms with Gasteiger partial charge in [-0.25, -0.2) is 17.6 Å². The van der Waals surface area contributed by atoms with Crippen LogP contribution in [0.4, 0.5) is 23.4 Å². The van der Waals surface area contributed by atoms with Crippen LogP contribution in [-0.4, -0.2) is 94.2 Å². The zero-order valence-corrected chi connectivity index (χ0v) is 25.8. The van der Waals surface area contributed by atoms with E-state index in [0.717, 1.165) is 35.7 Å². The summed E-state index contributed by atoms with van der Waals surface area (Å²) in [5, 5.41) is 1.87. The van der Waals surface area contributed by atoms with Crippen LogP contribution >= 0.6 is 11.6 Å². The lowest BCUT2D eigenvalue weighted by Crippen LogP contribution is -2.46. The number of amides is 1. The SMILES string of the molecule is C=CC(=O)N1C[C@@H](N(C)c2nc(OCC34CCCN3C[C@H](F)C4)nc3c(F)c(-c4cccc5cccc(Cl)c45)ncc23)C(F)(F)C1. The van der Waals surface area contributed by atoms with Gasteiger partial charge in [-0.15, -0.1) is 0 Å². The van der Waals surface area contributed by atoms with Gasteiger partial charge in [0.2, 0.25) is 5.91 Å². The van der Waals surface area contributed by atoms with Crippen LogP contribution in [0.3, 0.4) is 0 Å². The Morgan fingerprint density at radius 2 is 2.00 bits per heavy atom. The van der Waals surface area contributed by atoms with Crippen LogP contribution in [-0.2, 0) is 4.79 Å². The minimum Gasteiger partial charge on any atom is -0.461 e. The summed E-state index contributed by atoms with van der Waals surface area (Å²) in [5.41, 5.74) is -0.332. The number of hydrogen-bond donors (Lipinski definition) is 0. The van der Waals surface area contributed by atoms with Gasteiger partial charge < -0.3 is 14.5 Å². The van der Waals surface area contributed by atoms with Crippen LogP contribution in [0.25, 0.3) is 32.9 Å². The van der Waals surface area contributed by atoms with Crippen molar-refractivity contribution < 1.29 is 27.1 Å². The molecule has 5 heterocycles. The molecule has 0 saturated carbocycles. The van der Waals surface area contributed by atoms with Gasteiger partial charge in [-0.2, -0.15) is 9.97 Å². The summed E-state index contributed by atoms with van der Waals surface area (Å²) in [6.07, 6.45) is 3.24. The van der Waals surface area contributed by atoms with Gasteiger partial charge >= 0.3 is 6.01 Å². The number of anilines is 1. The molecule has 240 valence electrons. The number of carbonyl (C=O) groups is 1. The highest BCUT2D eigenvalue weighted by Gasteiger charge is 2.52. The molecule has 13 heteroatoms. The number of rotatable bonds is 7. The number of ether oxygens (including phenoxy) is 1. The number of aromatic nitrogens is 3. The Bertz CT molecular complexity index is 1870. The summed E-state index contributed by atoms with van der Waals surface area (Å²) in [7, 11) is 1.41. The monoisotopic (exact) mass is 654 g/mol. The van der Waals surface area contributed by atoms with Crippen LogP contribution < -0.4 is 9.64 Å². The summed E-state index contributed by atoms with van der Waals surface area (Å²) in [5.74, 6) is -4.79. The minimum atomic E-state index is -3.32. The first-order chi connectivity index (χ1) is 22.0. The van der Waals surface area contributed by atoms with E-state index in [4.69, 9.17) is 16.3 Å². The van der Waals surface area contributed by atoms with E-state index < -0.39 is 41.9 Å². The number of likely N-dealkylation sites (tertiary alicyclic amines) is 1. The summed E-state index contributed by atoms with van der Waals surface area (Å²) in [4.78, 5) is 29.9. The molecule has 0 N–H and O–H groups in total. The molecule has 8 nitrogen and oxygen atoms in total. The molecule has 3 fully saturated rings. The number of nitrogens with zero attached hydrogens (tertiary/aromatic N) is 6. The van der Waals surface area contributed by atoms with Crippen molar-refractivity contribution in [3.8, 4) is 17.3 Å². The first kappa shape index (κ1) is 30.6. The van der Waals surface area contributed by atoms with Gasteiger partial charge in [0.1, 0.15) is 35.8 Å². The molecule has 4 aromatic rings. The molecule has 0 aliphatic carbocycles. The van der Waals surface area contributed by atoms with Gasteiger partial charge in [-0.05, 0) is 36.9 Å². The van der Waals surface area contributed by atoms with E-state index in [9.17, 15) is 9.18 Å². The van der Waals surface area contributed by atoms with Crippen molar-refractivity contribution in [2.24, 2.45) is 0 Å². The predicted octanol–water partition coefficient (Wildman–Crippen LogP) is 6.06. The lowest BCUT2D eigenvalue weighted by molar-refractivity contribution is -0.126. The Labute approximate surface area is 267 Å². The molecule has 3 atom stereocenters. The van der Waals surface area contributed by atoms with E-state index in [2.05, 4.69) is 26.4 Å². The molecule has 0 bridgehead atoms. The standard InChI is InChI=1S/C33H31ClF4N6O2/c1-3-25(45)43-16-24(33(37,38)17-43)42(2)30-22-14-39-28(21-9-4-7-19-8-5-10-23(34)26(19)21)27(36)29(22)40-31(41-30)46-18-32-11-6-12-44(32)15-20(35)13-32/h3-5,7-10,14,20,24H,1,6,11-13,15-18H2,2H3/t20-,24-,32?/m1/s1. The summed E-state index contributed by atoms with van der Waals surface area (Å²) in [6, 6.07) is 8.93. The van der Waals surface area contributed by atoms with Crippen molar-refractivity contribution in [2.75, 3.05) is 44.7 Å². The van der Waals surface area contributed by atoms with Crippen LogP contribution in [0.2, 0.25) is 5.02 Å². The normalized spacial score (nSPS) is 24.1. The van der Waals surface area contributed by atoms with Crippen LogP contribution in [0, 0.1) is 5.82 Å². The van der Waals surface area contributed by atoms with Gasteiger partial charge in [0.15, 0.2) is 5.82 Å². The van der Waals surface area contributed by atoms with E-state index in [0.29, 0.717) is 28.9 Å². The Hall–Kier alpha value is -4.03. The van der Waals surface area contributed by atoms with E-state index in [1.165, 1.54) is 18.1 Å². The van der Waals surface area contributed by atoms with Crippen molar-refractivity contribution in [3.05, 3.63) is 66.1 Å². The topological polar surface area (TPSA) is 74.7 Å². The van der Waals surface area contributed by atoms with Crippen molar-refractivity contribution in [3.63, 3.8) is 0 Å². The van der Waals surface area contributed by atoms with E-state index in [-0.39, 0.29) is 41.6 Å². The molecular formula is C33H31ClF4N6O2. The molecular weight excluding hydrogens is 624 g/mol. The van der Waals surface area contributed by atoms with Gasteiger partial charge in [0, 0.05) is 48.7 Å². The largest absolute Gasteiger partial charge is 0.461 e. The number of benzene rings is 2. The number of alkyl halides is 3. The Morgan fingerprint density at radius 1 is 1.22 bits per heavy atom. The number of likely N-dealkylation sites (N-methyl/N-ethyl adjacent to an activating group) is 1.